The van der Waals surface area contributed by atoms with Gasteiger partial charge in [-0.2, -0.15) is 5.10 Å². The van der Waals surface area contributed by atoms with Crippen molar-refractivity contribution in [2.24, 2.45) is 0 Å². The lowest BCUT2D eigenvalue weighted by molar-refractivity contribution is 0.0836. The van der Waals surface area contributed by atoms with Gasteiger partial charge in [-0.25, -0.2) is 13.6 Å². The number of amides is 1. The minimum Gasteiger partial charge on any atom is -0.441 e. The summed E-state index contributed by atoms with van der Waals surface area (Å²) in [5, 5.41) is 7.04. The molecule has 3 aromatic rings. The third-order valence-electron chi connectivity index (χ3n) is 4.23. The zero-order valence-corrected chi connectivity index (χ0v) is 13.5. The fourth-order valence-electron chi connectivity index (χ4n) is 2.87. The molecule has 1 N–H and O–H groups in total. The number of hydrogen-bond acceptors (Lipinski definition) is 4. The number of rotatable bonds is 3. The van der Waals surface area contributed by atoms with Gasteiger partial charge in [-0.15, -0.1) is 0 Å². The SMILES string of the molecule is O=C1OC(c2ccc(F)c(F)c2)CCN1c1cc(-c2ccncc2)[nH]n1. The van der Waals surface area contributed by atoms with Crippen molar-refractivity contribution >= 4 is 11.9 Å². The average Bonchev–Trinajstić information content (AvgIpc) is 3.14. The molecule has 1 fully saturated rings. The first-order valence-corrected chi connectivity index (χ1v) is 8.01. The molecule has 8 heteroatoms. The van der Waals surface area contributed by atoms with Gasteiger partial charge in [-0.3, -0.25) is 15.0 Å². The van der Waals surface area contributed by atoms with E-state index in [-0.39, 0.29) is 0 Å². The normalized spacial score (nSPS) is 17.2. The third kappa shape index (κ3) is 3.01. The third-order valence-corrected chi connectivity index (χ3v) is 4.23. The van der Waals surface area contributed by atoms with Crippen LogP contribution in [0.2, 0.25) is 0 Å². The summed E-state index contributed by atoms with van der Waals surface area (Å²) in [4.78, 5) is 17.7. The number of halogens is 2. The number of carbonyl (C=O) groups excluding carboxylic acids is 1. The van der Waals surface area contributed by atoms with Crippen LogP contribution in [0.3, 0.4) is 0 Å². The number of pyridine rings is 1. The fourth-order valence-corrected chi connectivity index (χ4v) is 2.87. The molecule has 1 aromatic carbocycles. The summed E-state index contributed by atoms with van der Waals surface area (Å²) in [5.41, 5.74) is 2.07. The van der Waals surface area contributed by atoms with Crippen LogP contribution in [0.4, 0.5) is 19.4 Å². The molecule has 1 aliphatic rings. The van der Waals surface area contributed by atoms with E-state index >= 15 is 0 Å². The van der Waals surface area contributed by atoms with Gasteiger partial charge in [0.2, 0.25) is 0 Å². The highest BCUT2D eigenvalue weighted by Gasteiger charge is 2.31. The van der Waals surface area contributed by atoms with Gasteiger partial charge in [-0.1, -0.05) is 6.07 Å². The maximum absolute atomic E-state index is 13.4. The molecule has 1 unspecified atom stereocenters. The van der Waals surface area contributed by atoms with E-state index in [1.165, 1.54) is 11.0 Å². The largest absolute Gasteiger partial charge is 0.441 e. The van der Waals surface area contributed by atoms with E-state index in [1.807, 2.05) is 12.1 Å². The summed E-state index contributed by atoms with van der Waals surface area (Å²) in [5.74, 6) is -1.46. The molecule has 3 heterocycles. The molecule has 0 bridgehead atoms. The van der Waals surface area contributed by atoms with Crippen LogP contribution in [-0.2, 0) is 4.74 Å². The van der Waals surface area contributed by atoms with Gasteiger partial charge in [-0.05, 0) is 29.8 Å². The number of benzene rings is 1. The Bertz CT molecular complexity index is 945. The Kier molecular flexibility index (Phi) is 4.08. The van der Waals surface area contributed by atoms with E-state index in [9.17, 15) is 13.6 Å². The molecular weight excluding hydrogens is 342 g/mol. The van der Waals surface area contributed by atoms with Gasteiger partial charge in [0, 0.05) is 37.0 Å². The number of nitrogens with one attached hydrogen (secondary N) is 1. The van der Waals surface area contributed by atoms with Crippen molar-refractivity contribution in [3.63, 3.8) is 0 Å². The molecule has 1 amide bonds. The van der Waals surface area contributed by atoms with Gasteiger partial charge >= 0.3 is 6.09 Å². The summed E-state index contributed by atoms with van der Waals surface area (Å²) in [6.07, 6.45) is 2.56. The molecule has 1 saturated heterocycles. The number of H-pyrrole nitrogens is 1. The predicted octanol–water partition coefficient (Wildman–Crippen LogP) is 3.84. The molecule has 6 nitrogen and oxygen atoms in total. The zero-order chi connectivity index (χ0) is 18.1. The Morgan fingerprint density at radius 2 is 1.92 bits per heavy atom. The predicted molar refractivity (Wildman–Crippen MR) is 89.4 cm³/mol. The molecule has 2 aromatic heterocycles. The number of cyclic esters (lactones) is 1. The standard InChI is InChI=1S/C18H14F2N4O2/c19-13-2-1-12(9-14(13)20)16-5-8-24(18(25)26-16)17-10-15(22-23-17)11-3-6-21-7-4-11/h1-4,6-7,9-10,16H,5,8H2,(H,22,23). The lowest BCUT2D eigenvalue weighted by Crippen LogP contribution is -2.39. The van der Waals surface area contributed by atoms with Crippen molar-refractivity contribution in [1.29, 1.82) is 0 Å². The van der Waals surface area contributed by atoms with Crippen LogP contribution in [-0.4, -0.2) is 27.8 Å². The minimum absolute atomic E-state index is 0.350. The Morgan fingerprint density at radius 3 is 2.65 bits per heavy atom. The quantitative estimate of drug-likeness (QED) is 0.774. The smallest absolute Gasteiger partial charge is 0.416 e. The highest BCUT2D eigenvalue weighted by molar-refractivity contribution is 5.88. The second kappa shape index (κ2) is 6.55. The number of nitrogens with zero attached hydrogens (tertiary/aromatic N) is 3. The van der Waals surface area contributed by atoms with Crippen molar-refractivity contribution in [3.05, 3.63) is 66.0 Å². The molecule has 0 radical (unpaired) electrons. The van der Waals surface area contributed by atoms with Gasteiger partial charge < -0.3 is 4.74 Å². The number of hydrogen-bond donors (Lipinski definition) is 1. The van der Waals surface area contributed by atoms with Crippen LogP contribution < -0.4 is 4.90 Å². The Morgan fingerprint density at radius 1 is 1.12 bits per heavy atom. The second-order valence-corrected chi connectivity index (χ2v) is 5.86. The van der Waals surface area contributed by atoms with Crippen molar-refractivity contribution in [1.82, 2.24) is 15.2 Å². The summed E-state index contributed by atoms with van der Waals surface area (Å²) in [6, 6.07) is 8.89. The zero-order valence-electron chi connectivity index (χ0n) is 13.5. The Hall–Kier alpha value is -3.29. The maximum Gasteiger partial charge on any atom is 0.416 e. The van der Waals surface area contributed by atoms with Crippen molar-refractivity contribution < 1.29 is 18.3 Å². The number of ether oxygens (including phenoxy) is 1. The van der Waals surface area contributed by atoms with Crippen molar-refractivity contribution in [3.8, 4) is 11.3 Å². The molecule has 0 spiro atoms. The highest BCUT2D eigenvalue weighted by Crippen LogP contribution is 2.31. The lowest BCUT2D eigenvalue weighted by Gasteiger charge is -2.30. The first-order valence-electron chi connectivity index (χ1n) is 8.01. The molecular formula is C18H14F2N4O2. The van der Waals surface area contributed by atoms with E-state index in [0.717, 1.165) is 23.4 Å². The molecule has 0 aliphatic carbocycles. The molecule has 4 rings (SSSR count). The topological polar surface area (TPSA) is 71.1 Å². The highest BCUT2D eigenvalue weighted by atomic mass is 19.2. The molecule has 0 saturated carbocycles. The lowest BCUT2D eigenvalue weighted by atomic mass is 10.0. The summed E-state index contributed by atoms with van der Waals surface area (Å²) >= 11 is 0. The number of carbonyl (C=O) groups is 1. The van der Waals surface area contributed by atoms with Crippen molar-refractivity contribution in [2.75, 3.05) is 11.4 Å². The van der Waals surface area contributed by atoms with Gasteiger partial charge in [0.1, 0.15) is 6.10 Å². The van der Waals surface area contributed by atoms with Crippen LogP contribution in [0.25, 0.3) is 11.3 Å². The number of aromatic amines is 1. The number of anilines is 1. The monoisotopic (exact) mass is 356 g/mol. The van der Waals surface area contributed by atoms with E-state index in [4.69, 9.17) is 4.74 Å². The first kappa shape index (κ1) is 16.2. The first-order chi connectivity index (χ1) is 12.6. The van der Waals surface area contributed by atoms with Gasteiger partial charge in [0.15, 0.2) is 17.5 Å². The van der Waals surface area contributed by atoms with Crippen LogP contribution in [0, 0.1) is 11.6 Å². The summed E-state index contributed by atoms with van der Waals surface area (Å²) in [6.45, 7) is 0.350. The fraction of sp³-hybridized carbons (Fsp3) is 0.167. The number of aromatic nitrogens is 3. The van der Waals surface area contributed by atoms with Crippen LogP contribution in [0.1, 0.15) is 18.1 Å². The molecule has 132 valence electrons. The molecule has 1 aliphatic heterocycles. The van der Waals surface area contributed by atoms with Crippen molar-refractivity contribution in [2.45, 2.75) is 12.5 Å². The van der Waals surface area contributed by atoms with Crippen LogP contribution >= 0.6 is 0 Å². The summed E-state index contributed by atoms with van der Waals surface area (Å²) < 4.78 is 31.8. The van der Waals surface area contributed by atoms with E-state index in [1.54, 1.807) is 18.5 Å². The Labute approximate surface area is 147 Å². The van der Waals surface area contributed by atoms with Gasteiger partial charge in [0.05, 0.1) is 5.69 Å². The van der Waals surface area contributed by atoms with E-state index in [2.05, 4.69) is 15.2 Å². The summed E-state index contributed by atoms with van der Waals surface area (Å²) in [7, 11) is 0. The Balaban J connectivity index is 1.50. The molecule has 1 atom stereocenters. The van der Waals surface area contributed by atoms with E-state index < -0.39 is 23.8 Å². The second-order valence-electron chi connectivity index (χ2n) is 5.86. The average molecular weight is 356 g/mol. The minimum atomic E-state index is -0.963. The van der Waals surface area contributed by atoms with Gasteiger partial charge in [0.25, 0.3) is 0 Å². The van der Waals surface area contributed by atoms with Crippen LogP contribution in [0.15, 0.2) is 48.8 Å². The van der Waals surface area contributed by atoms with E-state index in [0.29, 0.717) is 24.3 Å². The van der Waals surface area contributed by atoms with Crippen LogP contribution in [0.5, 0.6) is 0 Å². The molecule has 26 heavy (non-hydrogen) atoms. The maximum atomic E-state index is 13.4.